The molecule has 6 nitrogen and oxygen atoms in total. The van der Waals surface area contributed by atoms with Gasteiger partial charge in [0, 0.05) is 36.1 Å². The van der Waals surface area contributed by atoms with Gasteiger partial charge in [0.1, 0.15) is 0 Å². The lowest BCUT2D eigenvalue weighted by Crippen LogP contribution is -2.08. The number of ether oxygens (including phenoxy) is 1. The Labute approximate surface area is 162 Å². The molecule has 0 fully saturated rings. The molecule has 138 valence electrons. The van der Waals surface area contributed by atoms with Crippen molar-refractivity contribution in [3.05, 3.63) is 77.3 Å². The molecule has 7 heteroatoms. The number of hydrogen-bond donors (Lipinski definition) is 1. The first-order chi connectivity index (χ1) is 13.1. The molecule has 0 aliphatic rings. The van der Waals surface area contributed by atoms with Crippen LogP contribution in [0.2, 0.25) is 5.02 Å². The first kappa shape index (κ1) is 18.7. The van der Waals surface area contributed by atoms with E-state index in [4.69, 9.17) is 16.3 Å². The summed E-state index contributed by atoms with van der Waals surface area (Å²) >= 11 is 5.99. The molecule has 2 heterocycles. The van der Waals surface area contributed by atoms with E-state index < -0.39 is 0 Å². The third-order valence-electron chi connectivity index (χ3n) is 3.62. The average molecular weight is 383 g/mol. The molecular formula is C20H19ClN4O2. The topological polar surface area (TPSA) is 69.0 Å². The van der Waals surface area contributed by atoms with Crippen LogP contribution in [0.1, 0.15) is 18.1 Å². The highest BCUT2D eigenvalue weighted by Gasteiger charge is 2.03. The monoisotopic (exact) mass is 382 g/mol. The predicted octanol–water partition coefficient (Wildman–Crippen LogP) is 4.03. The molecule has 0 radical (unpaired) electrons. The molecule has 27 heavy (non-hydrogen) atoms. The third-order valence-corrected chi connectivity index (χ3v) is 3.85. The Hall–Kier alpha value is -3.12. The number of aromatic nitrogens is 3. The second-order valence-electron chi connectivity index (χ2n) is 5.75. The van der Waals surface area contributed by atoms with E-state index in [1.54, 1.807) is 30.9 Å². The molecule has 2 aromatic heterocycles. The molecule has 1 amide bonds. The minimum atomic E-state index is -0.267. The largest absolute Gasteiger partial charge is 0.478 e. The minimum Gasteiger partial charge on any atom is -0.478 e. The molecule has 3 rings (SSSR count). The summed E-state index contributed by atoms with van der Waals surface area (Å²) in [6, 6.07) is 11.2. The van der Waals surface area contributed by atoms with Crippen LogP contribution in [0.5, 0.6) is 5.88 Å². The van der Waals surface area contributed by atoms with Crippen LogP contribution in [-0.4, -0.2) is 27.0 Å². The van der Waals surface area contributed by atoms with Crippen molar-refractivity contribution < 1.29 is 9.53 Å². The van der Waals surface area contributed by atoms with E-state index >= 15 is 0 Å². The molecular weight excluding hydrogens is 364 g/mol. The Balaban J connectivity index is 1.55. The number of nitrogens with one attached hydrogen (secondary N) is 1. The van der Waals surface area contributed by atoms with Gasteiger partial charge in [0.05, 0.1) is 12.9 Å². The zero-order valence-electron chi connectivity index (χ0n) is 14.8. The van der Waals surface area contributed by atoms with Gasteiger partial charge in [-0.15, -0.1) is 0 Å². The fourth-order valence-corrected chi connectivity index (χ4v) is 2.63. The van der Waals surface area contributed by atoms with E-state index in [1.807, 2.05) is 41.8 Å². The molecule has 1 aromatic carbocycles. The lowest BCUT2D eigenvalue weighted by Gasteiger charge is -2.02. The summed E-state index contributed by atoms with van der Waals surface area (Å²) < 4.78 is 7.16. The maximum atomic E-state index is 12.1. The zero-order valence-corrected chi connectivity index (χ0v) is 15.6. The second-order valence-corrected chi connectivity index (χ2v) is 6.18. The summed E-state index contributed by atoms with van der Waals surface area (Å²) in [7, 11) is 0. The zero-order chi connectivity index (χ0) is 19.1. The van der Waals surface area contributed by atoms with Crippen molar-refractivity contribution in [1.82, 2.24) is 14.5 Å². The van der Waals surface area contributed by atoms with Crippen LogP contribution in [0.15, 0.2) is 61.2 Å². The normalized spacial score (nSPS) is 10.9. The summed E-state index contributed by atoms with van der Waals surface area (Å²) in [4.78, 5) is 20.4. The lowest BCUT2D eigenvalue weighted by atomic mass is 10.2. The number of carbonyl (C=O) groups excluding carboxylic acids is 1. The molecule has 3 aromatic rings. The maximum Gasteiger partial charge on any atom is 0.249 e. The number of hydrogen-bond acceptors (Lipinski definition) is 4. The van der Waals surface area contributed by atoms with Gasteiger partial charge >= 0.3 is 0 Å². The molecule has 0 bridgehead atoms. The molecule has 0 saturated carbocycles. The Morgan fingerprint density at radius 2 is 2.19 bits per heavy atom. The second kappa shape index (κ2) is 9.00. The predicted molar refractivity (Wildman–Crippen MR) is 106 cm³/mol. The number of halogens is 1. The number of pyridine rings is 1. The van der Waals surface area contributed by atoms with Crippen molar-refractivity contribution in [1.29, 1.82) is 0 Å². The lowest BCUT2D eigenvalue weighted by molar-refractivity contribution is -0.111. The summed E-state index contributed by atoms with van der Waals surface area (Å²) in [6.07, 6.45) is 8.20. The Morgan fingerprint density at radius 3 is 2.93 bits per heavy atom. The van der Waals surface area contributed by atoms with Crippen LogP contribution in [0, 0.1) is 0 Å². The van der Waals surface area contributed by atoms with Gasteiger partial charge in [0.15, 0.2) is 5.82 Å². The van der Waals surface area contributed by atoms with Crippen molar-refractivity contribution in [3.63, 3.8) is 0 Å². The molecule has 0 saturated heterocycles. The quantitative estimate of drug-likeness (QED) is 0.626. The number of imidazole rings is 1. The standard InChI is InChI=1S/C20H19ClN4O2/c1-2-27-20-9-7-15(11-22-20)6-8-19(26)24-18-13-25(14-23-18)12-16-4-3-5-17(21)10-16/h3-11,13-14H,2,12H2,1H3,(H,24,26)/b8-6+. The third kappa shape index (κ3) is 5.69. The first-order valence-electron chi connectivity index (χ1n) is 8.46. The molecule has 0 aliphatic carbocycles. The highest BCUT2D eigenvalue weighted by atomic mass is 35.5. The summed E-state index contributed by atoms with van der Waals surface area (Å²) in [6.45, 7) is 3.09. The van der Waals surface area contributed by atoms with Gasteiger partial charge < -0.3 is 14.6 Å². The Kier molecular flexibility index (Phi) is 6.22. The van der Waals surface area contributed by atoms with Gasteiger partial charge in [-0.3, -0.25) is 4.79 Å². The minimum absolute atomic E-state index is 0.267. The Morgan fingerprint density at radius 1 is 1.30 bits per heavy atom. The average Bonchev–Trinajstić information content (AvgIpc) is 3.08. The summed E-state index contributed by atoms with van der Waals surface area (Å²) in [5.74, 6) is 0.776. The fraction of sp³-hybridized carbons (Fsp3) is 0.150. The van der Waals surface area contributed by atoms with Crippen molar-refractivity contribution in [2.45, 2.75) is 13.5 Å². The van der Waals surface area contributed by atoms with Crippen molar-refractivity contribution in [2.24, 2.45) is 0 Å². The highest BCUT2D eigenvalue weighted by molar-refractivity contribution is 6.30. The van der Waals surface area contributed by atoms with E-state index in [9.17, 15) is 4.79 Å². The van der Waals surface area contributed by atoms with E-state index in [1.165, 1.54) is 6.08 Å². The van der Waals surface area contributed by atoms with Crippen LogP contribution in [0.25, 0.3) is 6.08 Å². The van der Waals surface area contributed by atoms with Gasteiger partial charge in [0.2, 0.25) is 11.8 Å². The van der Waals surface area contributed by atoms with Gasteiger partial charge in [-0.2, -0.15) is 0 Å². The molecule has 0 atom stereocenters. The van der Waals surface area contributed by atoms with Crippen LogP contribution < -0.4 is 10.1 Å². The number of benzene rings is 1. The summed E-state index contributed by atoms with van der Waals surface area (Å²) in [5.41, 5.74) is 1.86. The first-order valence-corrected chi connectivity index (χ1v) is 8.84. The maximum absolute atomic E-state index is 12.1. The fourth-order valence-electron chi connectivity index (χ4n) is 2.42. The molecule has 0 spiro atoms. The van der Waals surface area contributed by atoms with E-state index in [0.717, 1.165) is 11.1 Å². The number of anilines is 1. The van der Waals surface area contributed by atoms with E-state index in [2.05, 4.69) is 15.3 Å². The highest BCUT2D eigenvalue weighted by Crippen LogP contribution is 2.13. The van der Waals surface area contributed by atoms with Crippen LogP contribution >= 0.6 is 11.6 Å². The van der Waals surface area contributed by atoms with Gasteiger partial charge in [0.25, 0.3) is 0 Å². The number of rotatable bonds is 7. The summed E-state index contributed by atoms with van der Waals surface area (Å²) in [5, 5.41) is 3.42. The van der Waals surface area contributed by atoms with E-state index in [0.29, 0.717) is 29.9 Å². The van der Waals surface area contributed by atoms with Gasteiger partial charge in [-0.05, 0) is 42.3 Å². The van der Waals surface area contributed by atoms with Crippen molar-refractivity contribution in [3.8, 4) is 5.88 Å². The molecule has 1 N–H and O–H groups in total. The molecule has 0 unspecified atom stereocenters. The van der Waals surface area contributed by atoms with Gasteiger partial charge in [-0.25, -0.2) is 9.97 Å². The van der Waals surface area contributed by atoms with E-state index in [-0.39, 0.29) is 5.91 Å². The van der Waals surface area contributed by atoms with Crippen molar-refractivity contribution >= 4 is 29.4 Å². The number of carbonyl (C=O) groups is 1. The Bertz CT molecular complexity index is 935. The molecule has 0 aliphatic heterocycles. The van der Waals surface area contributed by atoms with Crippen molar-refractivity contribution in [2.75, 3.05) is 11.9 Å². The number of nitrogens with zero attached hydrogens (tertiary/aromatic N) is 3. The number of amides is 1. The van der Waals surface area contributed by atoms with Crippen LogP contribution in [0.3, 0.4) is 0 Å². The smallest absolute Gasteiger partial charge is 0.249 e. The van der Waals surface area contributed by atoms with Crippen LogP contribution in [-0.2, 0) is 11.3 Å². The van der Waals surface area contributed by atoms with Gasteiger partial charge in [-0.1, -0.05) is 23.7 Å². The SMILES string of the molecule is CCOc1ccc(/C=C/C(=O)Nc2cn(Cc3cccc(Cl)c3)cn2)cn1. The van der Waals surface area contributed by atoms with Crippen LogP contribution in [0.4, 0.5) is 5.82 Å².